The van der Waals surface area contributed by atoms with Crippen molar-refractivity contribution in [3.63, 3.8) is 0 Å². The molecule has 3 aromatic rings. The van der Waals surface area contributed by atoms with Gasteiger partial charge in [0, 0.05) is 21.7 Å². The van der Waals surface area contributed by atoms with Gasteiger partial charge in [-0.25, -0.2) is 0 Å². The number of rotatable bonds is 5. The Balaban J connectivity index is 1.68. The number of hydrogen-bond donors (Lipinski definition) is 1. The number of pyridine rings is 1. The molecule has 0 aliphatic carbocycles. The molecule has 126 valence electrons. The zero-order valence-electron chi connectivity index (χ0n) is 13.7. The second-order valence-corrected chi connectivity index (χ2v) is 7.64. The summed E-state index contributed by atoms with van der Waals surface area (Å²) in [7, 11) is 0. The largest absolute Gasteiger partial charge is 0.360 e. The molecule has 1 aromatic carbocycles. The number of benzene rings is 1. The average molecular weight is 367 g/mol. The molecule has 1 aliphatic heterocycles. The van der Waals surface area contributed by atoms with E-state index in [9.17, 15) is 4.79 Å². The van der Waals surface area contributed by atoms with Crippen molar-refractivity contribution in [2.24, 2.45) is 0 Å². The Labute approximate surface area is 154 Å². The first kappa shape index (κ1) is 16.2. The monoisotopic (exact) mass is 367 g/mol. The number of carbonyl (C=O) groups is 1. The lowest BCUT2D eigenvalue weighted by Crippen LogP contribution is -2.31. The molecule has 1 N–H and O–H groups in total. The highest BCUT2D eigenvalue weighted by Gasteiger charge is 2.38. The molecule has 3 heterocycles. The minimum Gasteiger partial charge on any atom is -0.360 e. The first-order valence-electron chi connectivity index (χ1n) is 7.95. The maximum absolute atomic E-state index is 12.9. The zero-order chi connectivity index (χ0) is 17.2. The summed E-state index contributed by atoms with van der Waals surface area (Å²) < 4.78 is 0. The molecular weight excluding hydrogens is 350 g/mol. The topological polar surface area (TPSA) is 45.2 Å². The van der Waals surface area contributed by atoms with Crippen LogP contribution in [0.25, 0.3) is 0 Å². The Bertz CT molecular complexity index is 895. The number of nitrogens with zero attached hydrogens (tertiary/aromatic N) is 2. The summed E-state index contributed by atoms with van der Waals surface area (Å²) >= 11 is 3.36. The van der Waals surface area contributed by atoms with Crippen molar-refractivity contribution in [2.75, 3.05) is 11.6 Å². The van der Waals surface area contributed by atoms with Crippen LogP contribution in [0.4, 0.5) is 5.69 Å². The van der Waals surface area contributed by atoms with Gasteiger partial charge in [0.05, 0.1) is 17.8 Å². The van der Waals surface area contributed by atoms with Crippen LogP contribution in [-0.2, 0) is 6.54 Å². The number of nitrogens with one attached hydrogen (secondary N) is 1. The van der Waals surface area contributed by atoms with E-state index < -0.39 is 0 Å². The average Bonchev–Trinajstić information content (AvgIpc) is 3.25. The summed E-state index contributed by atoms with van der Waals surface area (Å²) in [6.07, 6.45) is 3.54. The van der Waals surface area contributed by atoms with Crippen molar-refractivity contribution < 1.29 is 4.79 Å². The van der Waals surface area contributed by atoms with Crippen molar-refractivity contribution in [1.29, 1.82) is 0 Å². The molecular formula is C19H17N3OS2. The van der Waals surface area contributed by atoms with Gasteiger partial charge in [-0.3, -0.25) is 9.78 Å². The van der Waals surface area contributed by atoms with E-state index in [-0.39, 0.29) is 12.1 Å². The van der Waals surface area contributed by atoms with Crippen LogP contribution in [-0.4, -0.2) is 22.0 Å². The van der Waals surface area contributed by atoms with Gasteiger partial charge < -0.3 is 10.2 Å². The Kier molecular flexibility index (Phi) is 4.46. The van der Waals surface area contributed by atoms with Crippen LogP contribution < -0.4 is 5.32 Å². The van der Waals surface area contributed by atoms with Gasteiger partial charge in [0.25, 0.3) is 5.91 Å². The van der Waals surface area contributed by atoms with Crippen molar-refractivity contribution in [1.82, 2.24) is 9.88 Å². The van der Waals surface area contributed by atoms with Crippen LogP contribution in [0.5, 0.6) is 0 Å². The van der Waals surface area contributed by atoms with Gasteiger partial charge in [-0.15, -0.1) is 23.1 Å². The minimum absolute atomic E-state index is 0.0232. The third kappa shape index (κ3) is 3.15. The van der Waals surface area contributed by atoms with E-state index in [0.717, 1.165) is 16.3 Å². The molecule has 0 saturated heterocycles. The normalized spacial score (nSPS) is 16.1. The molecule has 0 radical (unpaired) electrons. The van der Waals surface area contributed by atoms with Crippen LogP contribution >= 0.6 is 23.1 Å². The molecule has 4 rings (SSSR count). The van der Waals surface area contributed by atoms with Crippen molar-refractivity contribution in [2.45, 2.75) is 17.6 Å². The van der Waals surface area contributed by atoms with Gasteiger partial charge in [-0.2, -0.15) is 0 Å². The number of carbonyl (C=O) groups excluding carboxylic acids is 1. The lowest BCUT2D eigenvalue weighted by Gasteiger charge is -2.26. The molecule has 0 fully saturated rings. The Morgan fingerprint density at radius 1 is 1.24 bits per heavy atom. The molecule has 1 unspecified atom stereocenters. The van der Waals surface area contributed by atoms with Gasteiger partial charge in [-0.1, -0.05) is 12.1 Å². The summed E-state index contributed by atoms with van der Waals surface area (Å²) in [5.41, 5.74) is 2.45. The maximum Gasteiger partial charge on any atom is 0.258 e. The van der Waals surface area contributed by atoms with Crippen LogP contribution in [0, 0.1) is 0 Å². The fraction of sp³-hybridized carbons (Fsp3) is 0.158. The van der Waals surface area contributed by atoms with Crippen LogP contribution in [0.15, 0.2) is 65.0 Å². The third-order valence-corrected chi connectivity index (χ3v) is 5.77. The molecule has 0 spiro atoms. The highest BCUT2D eigenvalue weighted by Crippen LogP contribution is 2.35. The van der Waals surface area contributed by atoms with Gasteiger partial charge >= 0.3 is 0 Å². The lowest BCUT2D eigenvalue weighted by molar-refractivity contribution is 0.0729. The van der Waals surface area contributed by atoms with Gasteiger partial charge in [0.1, 0.15) is 6.17 Å². The summed E-state index contributed by atoms with van der Waals surface area (Å²) in [6, 6.07) is 16.0. The molecule has 25 heavy (non-hydrogen) atoms. The smallest absolute Gasteiger partial charge is 0.258 e. The van der Waals surface area contributed by atoms with Gasteiger partial charge in [-0.05, 0) is 48.0 Å². The fourth-order valence-electron chi connectivity index (χ4n) is 2.99. The molecule has 2 aromatic heterocycles. The molecule has 1 aliphatic rings. The number of thiophene rings is 1. The summed E-state index contributed by atoms with van der Waals surface area (Å²) in [5.74, 6) is 0.0232. The molecule has 6 heteroatoms. The summed E-state index contributed by atoms with van der Waals surface area (Å²) in [6.45, 7) is 0.576. The second-order valence-electron chi connectivity index (χ2n) is 5.73. The van der Waals surface area contributed by atoms with Crippen molar-refractivity contribution in [3.05, 3.63) is 76.2 Å². The third-order valence-electron chi connectivity index (χ3n) is 4.18. The van der Waals surface area contributed by atoms with E-state index in [1.54, 1.807) is 29.3 Å². The fourth-order valence-corrected chi connectivity index (χ4v) is 4.15. The van der Waals surface area contributed by atoms with E-state index in [2.05, 4.69) is 34.8 Å². The number of anilines is 1. The predicted octanol–water partition coefficient (Wildman–Crippen LogP) is 4.63. The van der Waals surface area contributed by atoms with Crippen LogP contribution in [0.3, 0.4) is 0 Å². The predicted molar refractivity (Wildman–Crippen MR) is 103 cm³/mol. The SMILES string of the molecule is CSc1cccc(NC2c3ncccc3C(=O)N2Cc2cccs2)c1. The van der Waals surface area contributed by atoms with Crippen molar-refractivity contribution in [3.8, 4) is 0 Å². The molecule has 4 nitrogen and oxygen atoms in total. The lowest BCUT2D eigenvalue weighted by atomic mass is 10.2. The number of thioether (sulfide) groups is 1. The van der Waals surface area contributed by atoms with E-state index in [4.69, 9.17) is 0 Å². The quantitative estimate of drug-likeness (QED) is 0.668. The first-order chi connectivity index (χ1) is 12.3. The number of aromatic nitrogens is 1. The first-order valence-corrected chi connectivity index (χ1v) is 10.1. The van der Waals surface area contributed by atoms with E-state index >= 15 is 0 Å². The molecule has 0 saturated carbocycles. The van der Waals surface area contributed by atoms with E-state index in [1.807, 2.05) is 40.6 Å². The zero-order valence-corrected chi connectivity index (χ0v) is 15.3. The molecule has 0 bridgehead atoms. The second kappa shape index (κ2) is 6.90. The van der Waals surface area contributed by atoms with E-state index in [0.29, 0.717) is 12.1 Å². The number of hydrogen-bond acceptors (Lipinski definition) is 5. The Morgan fingerprint density at radius 3 is 2.96 bits per heavy atom. The van der Waals surface area contributed by atoms with Gasteiger partial charge in [0.15, 0.2) is 0 Å². The number of amides is 1. The van der Waals surface area contributed by atoms with E-state index in [1.165, 1.54) is 4.90 Å². The maximum atomic E-state index is 12.9. The number of fused-ring (bicyclic) bond motifs is 1. The van der Waals surface area contributed by atoms with Crippen molar-refractivity contribution >= 4 is 34.7 Å². The summed E-state index contributed by atoms with van der Waals surface area (Å²) in [5, 5.41) is 5.53. The minimum atomic E-state index is -0.261. The molecule has 1 amide bonds. The van der Waals surface area contributed by atoms with Crippen LogP contribution in [0.2, 0.25) is 0 Å². The molecule has 1 atom stereocenters. The van der Waals surface area contributed by atoms with Gasteiger partial charge in [0.2, 0.25) is 0 Å². The Hall–Kier alpha value is -2.31. The highest BCUT2D eigenvalue weighted by atomic mass is 32.2. The standard InChI is InChI=1S/C19H17N3OS2/c1-24-14-6-2-5-13(11-14)21-18-17-16(8-3-9-20-17)19(23)22(18)12-15-7-4-10-25-15/h2-11,18,21H,12H2,1H3. The van der Waals surface area contributed by atoms with Crippen LogP contribution in [0.1, 0.15) is 27.1 Å². The summed E-state index contributed by atoms with van der Waals surface area (Å²) in [4.78, 5) is 21.6. The highest BCUT2D eigenvalue weighted by molar-refractivity contribution is 7.98. The Morgan fingerprint density at radius 2 is 2.16 bits per heavy atom.